The first-order valence-corrected chi connectivity index (χ1v) is 6.50. The van der Waals surface area contributed by atoms with Gasteiger partial charge in [0.25, 0.3) is 0 Å². The van der Waals surface area contributed by atoms with Gasteiger partial charge in [-0.3, -0.25) is 0 Å². The van der Waals surface area contributed by atoms with Crippen LogP contribution in [0.25, 0.3) is 0 Å². The Labute approximate surface area is 100 Å². The Hall–Kier alpha value is -1.45. The molecule has 0 bridgehead atoms. The van der Waals surface area contributed by atoms with E-state index >= 15 is 0 Å². The fraction of sp³-hybridized carbons (Fsp3) is 0.364. The SMILES string of the molecule is Cc1cc(S(=O)(=O)NC[C@H](C)C#N)ccc1F. The topological polar surface area (TPSA) is 70.0 Å². The molecule has 0 fully saturated rings. The van der Waals surface area contributed by atoms with Gasteiger partial charge in [-0.1, -0.05) is 0 Å². The fourth-order valence-corrected chi connectivity index (χ4v) is 2.36. The highest BCUT2D eigenvalue weighted by molar-refractivity contribution is 7.89. The summed E-state index contributed by atoms with van der Waals surface area (Å²) in [5.41, 5.74) is 0.265. The Bertz CT molecular complexity index is 549. The molecule has 0 aromatic heterocycles. The van der Waals surface area contributed by atoms with E-state index in [0.29, 0.717) is 0 Å². The zero-order valence-corrected chi connectivity index (χ0v) is 10.4. The van der Waals surface area contributed by atoms with Crippen LogP contribution in [0.3, 0.4) is 0 Å². The number of nitriles is 1. The summed E-state index contributed by atoms with van der Waals surface area (Å²) in [5.74, 6) is -0.860. The Morgan fingerprint density at radius 3 is 2.71 bits per heavy atom. The van der Waals surface area contributed by atoms with E-state index in [9.17, 15) is 12.8 Å². The third-order valence-electron chi connectivity index (χ3n) is 2.24. The highest BCUT2D eigenvalue weighted by Gasteiger charge is 2.15. The molecule has 0 unspecified atom stereocenters. The Morgan fingerprint density at radius 2 is 2.18 bits per heavy atom. The van der Waals surface area contributed by atoms with Crippen molar-refractivity contribution >= 4 is 10.0 Å². The maximum absolute atomic E-state index is 13.0. The van der Waals surface area contributed by atoms with Crippen molar-refractivity contribution in [1.82, 2.24) is 4.72 Å². The molecule has 0 saturated heterocycles. The highest BCUT2D eigenvalue weighted by atomic mass is 32.2. The van der Waals surface area contributed by atoms with Crippen molar-refractivity contribution in [1.29, 1.82) is 5.26 Å². The molecule has 92 valence electrons. The van der Waals surface area contributed by atoms with E-state index in [-0.39, 0.29) is 17.0 Å². The van der Waals surface area contributed by atoms with E-state index in [0.717, 1.165) is 6.07 Å². The number of hydrogen-bond acceptors (Lipinski definition) is 3. The highest BCUT2D eigenvalue weighted by Crippen LogP contribution is 2.14. The molecule has 17 heavy (non-hydrogen) atoms. The van der Waals surface area contributed by atoms with Crippen molar-refractivity contribution in [3.05, 3.63) is 29.6 Å². The molecule has 0 amide bonds. The van der Waals surface area contributed by atoms with Crippen molar-refractivity contribution < 1.29 is 12.8 Å². The molecular formula is C11H13FN2O2S. The molecule has 4 nitrogen and oxygen atoms in total. The number of benzene rings is 1. The van der Waals surface area contributed by atoms with Crippen LogP contribution in [0.4, 0.5) is 4.39 Å². The first-order chi connectivity index (χ1) is 7.86. The van der Waals surface area contributed by atoms with Crippen molar-refractivity contribution in [2.75, 3.05) is 6.54 Å². The van der Waals surface area contributed by atoms with Crippen LogP contribution in [0.2, 0.25) is 0 Å². The first-order valence-electron chi connectivity index (χ1n) is 5.02. The molecular weight excluding hydrogens is 243 g/mol. The smallest absolute Gasteiger partial charge is 0.210 e. The standard InChI is InChI=1S/C11H13FN2O2S/c1-8(6-13)7-14-17(15,16)10-3-4-11(12)9(2)5-10/h3-5,8,14H,7H2,1-2H3/t8-/m1/s1. The van der Waals surface area contributed by atoms with Crippen LogP contribution < -0.4 is 4.72 Å². The predicted octanol–water partition coefficient (Wildman–Crippen LogP) is 1.57. The summed E-state index contributed by atoms with van der Waals surface area (Å²) in [7, 11) is -3.67. The lowest BCUT2D eigenvalue weighted by atomic mass is 10.2. The van der Waals surface area contributed by atoms with Gasteiger partial charge in [-0.2, -0.15) is 5.26 Å². The number of nitrogens with one attached hydrogen (secondary N) is 1. The Kier molecular flexibility index (Phi) is 4.21. The number of nitrogens with zero attached hydrogens (tertiary/aromatic N) is 1. The van der Waals surface area contributed by atoms with Gasteiger partial charge in [-0.15, -0.1) is 0 Å². The summed E-state index contributed by atoms with van der Waals surface area (Å²) in [4.78, 5) is 0.00143. The van der Waals surface area contributed by atoms with Crippen LogP contribution in [0.5, 0.6) is 0 Å². The van der Waals surface area contributed by atoms with E-state index in [1.165, 1.54) is 19.1 Å². The van der Waals surface area contributed by atoms with Crippen molar-refractivity contribution in [2.24, 2.45) is 5.92 Å². The second kappa shape index (κ2) is 5.25. The van der Waals surface area contributed by atoms with Crippen LogP contribution in [-0.4, -0.2) is 15.0 Å². The van der Waals surface area contributed by atoms with Crippen LogP contribution in [0.1, 0.15) is 12.5 Å². The molecule has 6 heteroatoms. The Morgan fingerprint density at radius 1 is 1.53 bits per heavy atom. The molecule has 1 aromatic carbocycles. The summed E-state index contributed by atoms with van der Waals surface area (Å²) >= 11 is 0. The minimum Gasteiger partial charge on any atom is -0.210 e. The van der Waals surface area contributed by atoms with Crippen molar-refractivity contribution in [3.63, 3.8) is 0 Å². The van der Waals surface area contributed by atoms with Crippen LogP contribution in [0, 0.1) is 30.0 Å². The minimum atomic E-state index is -3.67. The van der Waals surface area contributed by atoms with E-state index < -0.39 is 21.8 Å². The summed E-state index contributed by atoms with van der Waals surface area (Å²) in [5, 5.41) is 8.55. The van der Waals surface area contributed by atoms with Gasteiger partial charge in [-0.05, 0) is 37.6 Å². The number of sulfonamides is 1. The normalized spacial score (nSPS) is 13.1. The predicted molar refractivity (Wildman–Crippen MR) is 61.1 cm³/mol. The van der Waals surface area contributed by atoms with Gasteiger partial charge in [0, 0.05) is 6.54 Å². The molecule has 1 rings (SSSR count). The summed E-state index contributed by atoms with van der Waals surface area (Å²) in [6.07, 6.45) is 0. The molecule has 0 spiro atoms. The van der Waals surface area contributed by atoms with Crippen LogP contribution >= 0.6 is 0 Å². The fourth-order valence-electron chi connectivity index (χ4n) is 1.15. The van der Waals surface area contributed by atoms with Gasteiger partial charge in [0.15, 0.2) is 0 Å². The van der Waals surface area contributed by atoms with E-state index in [1.807, 2.05) is 6.07 Å². The third kappa shape index (κ3) is 3.51. The number of hydrogen-bond donors (Lipinski definition) is 1. The summed E-state index contributed by atoms with van der Waals surface area (Å²) < 4.78 is 38.8. The molecule has 0 heterocycles. The maximum atomic E-state index is 13.0. The lowest BCUT2D eigenvalue weighted by Gasteiger charge is -2.08. The first kappa shape index (κ1) is 13.6. The van der Waals surface area contributed by atoms with Gasteiger partial charge in [0.1, 0.15) is 5.82 Å². The van der Waals surface area contributed by atoms with E-state index in [1.54, 1.807) is 6.92 Å². The number of rotatable bonds is 4. The average Bonchev–Trinajstić information content (AvgIpc) is 2.29. The van der Waals surface area contributed by atoms with Gasteiger partial charge in [-0.25, -0.2) is 17.5 Å². The Balaban J connectivity index is 2.91. The van der Waals surface area contributed by atoms with E-state index in [4.69, 9.17) is 5.26 Å². The zero-order chi connectivity index (χ0) is 13.1. The molecule has 0 radical (unpaired) electrons. The molecule has 0 aliphatic carbocycles. The number of aryl methyl sites for hydroxylation is 1. The molecule has 0 aliphatic rings. The van der Waals surface area contributed by atoms with Gasteiger partial charge < -0.3 is 0 Å². The second-order valence-corrected chi connectivity index (χ2v) is 5.56. The van der Waals surface area contributed by atoms with Gasteiger partial charge in [0.05, 0.1) is 16.9 Å². The average molecular weight is 256 g/mol. The van der Waals surface area contributed by atoms with Crippen LogP contribution in [0.15, 0.2) is 23.1 Å². The van der Waals surface area contributed by atoms with Gasteiger partial charge in [0.2, 0.25) is 10.0 Å². The minimum absolute atomic E-state index is 0.00143. The zero-order valence-electron chi connectivity index (χ0n) is 9.57. The van der Waals surface area contributed by atoms with Gasteiger partial charge >= 0.3 is 0 Å². The molecule has 0 saturated carbocycles. The monoisotopic (exact) mass is 256 g/mol. The lowest BCUT2D eigenvalue weighted by molar-refractivity contribution is 0.571. The quantitative estimate of drug-likeness (QED) is 0.889. The lowest BCUT2D eigenvalue weighted by Crippen LogP contribution is -2.28. The molecule has 1 atom stereocenters. The third-order valence-corrected chi connectivity index (χ3v) is 3.66. The second-order valence-electron chi connectivity index (χ2n) is 3.79. The van der Waals surface area contributed by atoms with E-state index in [2.05, 4.69) is 4.72 Å². The largest absolute Gasteiger partial charge is 0.240 e. The molecule has 1 aromatic rings. The maximum Gasteiger partial charge on any atom is 0.240 e. The number of halogens is 1. The summed E-state index contributed by atoms with van der Waals surface area (Å²) in [6.45, 7) is 3.14. The van der Waals surface area contributed by atoms with Crippen molar-refractivity contribution in [2.45, 2.75) is 18.7 Å². The summed E-state index contributed by atoms with van der Waals surface area (Å²) in [6, 6.07) is 5.49. The van der Waals surface area contributed by atoms with Crippen LogP contribution in [-0.2, 0) is 10.0 Å². The molecule has 1 N–H and O–H groups in total. The molecule has 0 aliphatic heterocycles. The van der Waals surface area contributed by atoms with Crippen molar-refractivity contribution in [3.8, 4) is 6.07 Å².